The smallest absolute Gasteiger partial charge is 0.226 e. The van der Waals surface area contributed by atoms with Gasteiger partial charge in [-0.05, 0) is 37.4 Å². The van der Waals surface area contributed by atoms with Crippen LogP contribution >= 0.6 is 0 Å². The number of unbranched alkanes of at least 4 members (excludes halogenated alkanes) is 2. The number of benzene rings is 1. The summed E-state index contributed by atoms with van der Waals surface area (Å²) in [4.78, 5) is 4.52. The number of ether oxygens (including phenoxy) is 1. The molecule has 0 saturated heterocycles. The molecular weight excluding hydrogens is 266 g/mol. The van der Waals surface area contributed by atoms with Crippen molar-refractivity contribution < 1.29 is 9.26 Å². The third-order valence-electron chi connectivity index (χ3n) is 3.82. The molecule has 1 unspecified atom stereocenters. The van der Waals surface area contributed by atoms with Gasteiger partial charge in [0.15, 0.2) is 5.82 Å². The zero-order valence-electron chi connectivity index (χ0n) is 12.1. The Kier molecular flexibility index (Phi) is 4.50. The summed E-state index contributed by atoms with van der Waals surface area (Å²) in [7, 11) is 0. The Bertz CT molecular complexity index is 582. The van der Waals surface area contributed by atoms with Crippen molar-refractivity contribution in [2.45, 2.75) is 38.0 Å². The topological polar surface area (TPSA) is 74.2 Å². The van der Waals surface area contributed by atoms with E-state index in [2.05, 4.69) is 16.2 Å². The van der Waals surface area contributed by atoms with Crippen LogP contribution in [0.2, 0.25) is 0 Å². The largest absolute Gasteiger partial charge is 0.493 e. The van der Waals surface area contributed by atoms with Crippen molar-refractivity contribution in [1.29, 1.82) is 0 Å². The maximum Gasteiger partial charge on any atom is 0.226 e. The molecule has 2 aromatic rings. The molecule has 0 spiro atoms. The summed E-state index contributed by atoms with van der Waals surface area (Å²) in [6.45, 7) is 1.36. The maximum atomic E-state index is 5.78. The molecule has 3 rings (SSSR count). The van der Waals surface area contributed by atoms with Crippen LogP contribution in [0.3, 0.4) is 0 Å². The monoisotopic (exact) mass is 287 g/mol. The average molecular weight is 287 g/mol. The minimum Gasteiger partial charge on any atom is -0.493 e. The highest BCUT2D eigenvalue weighted by atomic mass is 16.5. The van der Waals surface area contributed by atoms with Crippen LogP contribution < -0.4 is 10.5 Å². The van der Waals surface area contributed by atoms with E-state index in [0.29, 0.717) is 6.61 Å². The molecule has 1 atom stereocenters. The lowest BCUT2D eigenvalue weighted by Crippen LogP contribution is -2.20. The molecule has 1 aliphatic heterocycles. The summed E-state index contributed by atoms with van der Waals surface area (Å²) >= 11 is 0. The van der Waals surface area contributed by atoms with Crippen molar-refractivity contribution in [1.82, 2.24) is 10.1 Å². The molecule has 5 heteroatoms. The number of rotatable bonds is 6. The maximum absolute atomic E-state index is 5.78. The van der Waals surface area contributed by atoms with Crippen molar-refractivity contribution in [3.05, 3.63) is 41.5 Å². The molecule has 0 radical (unpaired) electrons. The Labute approximate surface area is 124 Å². The van der Waals surface area contributed by atoms with Gasteiger partial charge in [0, 0.05) is 6.42 Å². The Morgan fingerprint density at radius 2 is 2.10 bits per heavy atom. The van der Waals surface area contributed by atoms with Crippen molar-refractivity contribution in [3.63, 3.8) is 0 Å². The first-order valence-corrected chi connectivity index (χ1v) is 7.60. The van der Waals surface area contributed by atoms with E-state index in [4.69, 9.17) is 15.0 Å². The van der Waals surface area contributed by atoms with Crippen LogP contribution in [0.15, 0.2) is 28.8 Å². The number of nitrogens with zero attached hydrogens (tertiary/aromatic N) is 2. The van der Waals surface area contributed by atoms with E-state index < -0.39 is 0 Å². The number of hydrogen-bond acceptors (Lipinski definition) is 5. The van der Waals surface area contributed by atoms with Gasteiger partial charge in [-0.25, -0.2) is 0 Å². The van der Waals surface area contributed by atoms with Crippen molar-refractivity contribution >= 4 is 0 Å². The standard InChI is InChI=1S/C16H21N3O2/c17-9-5-1-2-8-15-18-16(19-21-15)13-10-12-6-3-4-7-14(12)20-11-13/h3-4,6-7,13H,1-2,5,8-11,17H2. The Morgan fingerprint density at radius 3 is 3.00 bits per heavy atom. The minimum atomic E-state index is 0.182. The van der Waals surface area contributed by atoms with Crippen LogP contribution in [0.4, 0.5) is 0 Å². The summed E-state index contributed by atoms with van der Waals surface area (Å²) in [5.41, 5.74) is 6.69. The van der Waals surface area contributed by atoms with Gasteiger partial charge >= 0.3 is 0 Å². The molecule has 1 aromatic carbocycles. The number of aromatic nitrogens is 2. The van der Waals surface area contributed by atoms with Crippen molar-refractivity contribution in [2.24, 2.45) is 5.73 Å². The Balaban J connectivity index is 1.59. The third kappa shape index (κ3) is 3.42. The predicted octanol–water partition coefficient (Wildman–Crippen LogP) is 2.46. The van der Waals surface area contributed by atoms with Gasteiger partial charge in [-0.15, -0.1) is 0 Å². The second-order valence-corrected chi connectivity index (χ2v) is 5.47. The lowest BCUT2D eigenvalue weighted by atomic mass is 9.96. The fraction of sp³-hybridized carbons (Fsp3) is 0.500. The van der Waals surface area contributed by atoms with E-state index in [1.807, 2.05) is 18.2 Å². The SMILES string of the molecule is NCCCCCc1nc(C2COc3ccccc3C2)no1. The van der Waals surface area contributed by atoms with Crippen molar-refractivity contribution in [2.75, 3.05) is 13.2 Å². The van der Waals surface area contributed by atoms with Gasteiger partial charge in [0.1, 0.15) is 5.75 Å². The van der Waals surface area contributed by atoms with Crippen LogP contribution in [-0.4, -0.2) is 23.3 Å². The molecule has 0 aliphatic carbocycles. The Morgan fingerprint density at radius 1 is 1.19 bits per heavy atom. The summed E-state index contributed by atoms with van der Waals surface area (Å²) in [5.74, 6) is 2.64. The van der Waals surface area contributed by atoms with E-state index >= 15 is 0 Å². The summed E-state index contributed by atoms with van der Waals surface area (Å²) in [6.07, 6.45) is 4.94. The molecule has 0 amide bonds. The average Bonchev–Trinajstić information content (AvgIpc) is 3.00. The summed E-state index contributed by atoms with van der Waals surface area (Å²) in [6, 6.07) is 8.12. The van der Waals surface area contributed by atoms with Gasteiger partial charge in [-0.2, -0.15) is 4.98 Å². The summed E-state index contributed by atoms with van der Waals surface area (Å²) < 4.78 is 11.1. The van der Waals surface area contributed by atoms with E-state index in [-0.39, 0.29) is 5.92 Å². The fourth-order valence-electron chi connectivity index (χ4n) is 2.63. The van der Waals surface area contributed by atoms with Crippen LogP contribution in [0.1, 0.15) is 42.5 Å². The van der Waals surface area contributed by atoms with Crippen LogP contribution in [0.25, 0.3) is 0 Å². The Hall–Kier alpha value is -1.88. The van der Waals surface area contributed by atoms with Gasteiger partial charge in [0.25, 0.3) is 0 Å². The first kappa shape index (κ1) is 14.1. The third-order valence-corrected chi connectivity index (χ3v) is 3.82. The molecule has 1 aliphatic rings. The molecular formula is C16H21N3O2. The predicted molar refractivity (Wildman–Crippen MR) is 79.3 cm³/mol. The zero-order valence-corrected chi connectivity index (χ0v) is 12.1. The second-order valence-electron chi connectivity index (χ2n) is 5.47. The first-order valence-electron chi connectivity index (χ1n) is 7.60. The van der Waals surface area contributed by atoms with Crippen LogP contribution in [0, 0.1) is 0 Å². The van der Waals surface area contributed by atoms with Crippen LogP contribution in [-0.2, 0) is 12.8 Å². The van der Waals surface area contributed by atoms with Gasteiger partial charge in [0.05, 0.1) is 12.5 Å². The molecule has 5 nitrogen and oxygen atoms in total. The molecule has 21 heavy (non-hydrogen) atoms. The highest BCUT2D eigenvalue weighted by Crippen LogP contribution is 2.30. The molecule has 0 fully saturated rings. The quantitative estimate of drug-likeness (QED) is 0.826. The number of para-hydroxylation sites is 1. The number of nitrogens with two attached hydrogens (primary N) is 1. The lowest BCUT2D eigenvalue weighted by Gasteiger charge is -2.22. The van der Waals surface area contributed by atoms with Gasteiger partial charge < -0.3 is 15.0 Å². The highest BCUT2D eigenvalue weighted by molar-refractivity contribution is 5.36. The molecule has 0 bridgehead atoms. The van der Waals surface area contributed by atoms with Crippen molar-refractivity contribution in [3.8, 4) is 5.75 Å². The van der Waals surface area contributed by atoms with E-state index in [0.717, 1.165) is 56.1 Å². The second kappa shape index (κ2) is 6.72. The molecule has 1 aromatic heterocycles. The number of hydrogen-bond donors (Lipinski definition) is 1. The van der Waals surface area contributed by atoms with Gasteiger partial charge in [0.2, 0.25) is 5.89 Å². The van der Waals surface area contributed by atoms with Gasteiger partial charge in [-0.1, -0.05) is 29.8 Å². The zero-order chi connectivity index (χ0) is 14.5. The van der Waals surface area contributed by atoms with Gasteiger partial charge in [-0.3, -0.25) is 0 Å². The number of aryl methyl sites for hydroxylation is 1. The molecule has 112 valence electrons. The van der Waals surface area contributed by atoms with E-state index in [1.165, 1.54) is 5.56 Å². The van der Waals surface area contributed by atoms with Crippen LogP contribution in [0.5, 0.6) is 5.75 Å². The van der Waals surface area contributed by atoms with E-state index in [1.54, 1.807) is 0 Å². The first-order chi connectivity index (χ1) is 10.4. The normalized spacial score (nSPS) is 17.3. The molecule has 0 saturated carbocycles. The van der Waals surface area contributed by atoms with E-state index in [9.17, 15) is 0 Å². The molecule has 2 heterocycles. The lowest BCUT2D eigenvalue weighted by molar-refractivity contribution is 0.253. The fourth-order valence-corrected chi connectivity index (χ4v) is 2.63. The summed E-state index contributed by atoms with van der Waals surface area (Å²) in [5, 5.41) is 4.12. The highest BCUT2D eigenvalue weighted by Gasteiger charge is 2.25. The molecule has 2 N–H and O–H groups in total. The minimum absolute atomic E-state index is 0.182. The number of fused-ring (bicyclic) bond motifs is 1.